The topological polar surface area (TPSA) is 60.6 Å². The largest absolute Gasteiger partial charge is 0.374 e. The third kappa shape index (κ3) is 4.39. The Morgan fingerprint density at radius 2 is 2.56 bits per heavy atom. The molecule has 0 amide bonds. The van der Waals surface area contributed by atoms with Gasteiger partial charge < -0.3 is 4.74 Å². The molecule has 1 atom stereocenters. The Morgan fingerprint density at radius 1 is 1.75 bits per heavy atom. The van der Waals surface area contributed by atoms with Gasteiger partial charge in [-0.05, 0) is 12.8 Å². The molecule has 1 heterocycles. The van der Waals surface area contributed by atoms with Crippen LogP contribution < -0.4 is 5.32 Å². The molecular weight excluding hydrogens is 224 g/mol. The fraction of sp³-hybridized carbons (Fsp3) is 0.800. The van der Waals surface area contributed by atoms with E-state index in [2.05, 4.69) is 22.1 Å². The standard InChI is InChI=1S/C10H18N4OS/c1-3-14-4-5-15-9(7-14)6-12-10(16-2)13-8-11/h9H,3-7H2,1-2H3,(H,12,13). The summed E-state index contributed by atoms with van der Waals surface area (Å²) >= 11 is 1.44. The van der Waals surface area contributed by atoms with E-state index in [-0.39, 0.29) is 6.10 Å². The molecule has 5 nitrogen and oxygen atoms in total. The number of hydrogen-bond donors (Lipinski definition) is 1. The minimum Gasteiger partial charge on any atom is -0.374 e. The van der Waals surface area contributed by atoms with Gasteiger partial charge in [0.05, 0.1) is 19.3 Å². The van der Waals surface area contributed by atoms with Crippen molar-refractivity contribution in [3.05, 3.63) is 0 Å². The molecular formula is C10H18N4OS. The van der Waals surface area contributed by atoms with E-state index in [0.717, 1.165) is 26.2 Å². The van der Waals surface area contributed by atoms with Crippen molar-refractivity contribution in [3.63, 3.8) is 0 Å². The smallest absolute Gasteiger partial charge is 0.183 e. The highest BCUT2D eigenvalue weighted by Crippen LogP contribution is 2.06. The monoisotopic (exact) mass is 242 g/mol. The maximum atomic E-state index is 8.49. The van der Waals surface area contributed by atoms with Crippen LogP contribution in [0.2, 0.25) is 0 Å². The summed E-state index contributed by atoms with van der Waals surface area (Å²) in [4.78, 5) is 6.67. The Bertz CT molecular complexity index is 276. The van der Waals surface area contributed by atoms with Gasteiger partial charge in [0, 0.05) is 13.1 Å². The van der Waals surface area contributed by atoms with E-state index >= 15 is 0 Å². The third-order valence-electron chi connectivity index (χ3n) is 2.46. The van der Waals surface area contributed by atoms with Gasteiger partial charge in [-0.2, -0.15) is 5.26 Å². The number of ether oxygens (including phenoxy) is 1. The predicted octanol–water partition coefficient (Wildman–Crippen LogP) is 0.497. The minimum absolute atomic E-state index is 0.149. The van der Waals surface area contributed by atoms with Crippen molar-refractivity contribution < 1.29 is 4.74 Å². The van der Waals surface area contributed by atoms with Gasteiger partial charge in [0.1, 0.15) is 0 Å². The molecule has 1 saturated heterocycles. The lowest BCUT2D eigenvalue weighted by Crippen LogP contribution is -2.43. The highest BCUT2D eigenvalue weighted by atomic mass is 32.2. The molecule has 1 aliphatic rings. The highest BCUT2D eigenvalue weighted by molar-refractivity contribution is 8.13. The molecule has 1 N–H and O–H groups in total. The maximum Gasteiger partial charge on any atom is 0.183 e. The van der Waals surface area contributed by atoms with E-state index in [1.807, 2.05) is 12.4 Å². The molecule has 0 spiro atoms. The van der Waals surface area contributed by atoms with Gasteiger partial charge in [0.25, 0.3) is 0 Å². The number of hydrogen-bond acceptors (Lipinski definition) is 5. The number of nitriles is 1. The number of nitrogens with one attached hydrogen (secondary N) is 1. The fourth-order valence-corrected chi connectivity index (χ4v) is 1.92. The van der Waals surface area contributed by atoms with Gasteiger partial charge >= 0.3 is 0 Å². The lowest BCUT2D eigenvalue weighted by Gasteiger charge is -2.31. The first-order chi connectivity index (χ1) is 7.80. The Labute approximate surface area is 101 Å². The summed E-state index contributed by atoms with van der Waals surface area (Å²) in [5.41, 5.74) is 0. The van der Waals surface area contributed by atoms with Crippen LogP contribution in [0, 0.1) is 11.5 Å². The van der Waals surface area contributed by atoms with Crippen LogP contribution in [-0.2, 0) is 4.74 Å². The molecule has 1 fully saturated rings. The summed E-state index contributed by atoms with van der Waals surface area (Å²) in [7, 11) is 0. The Balaban J connectivity index is 2.38. The minimum atomic E-state index is 0.149. The van der Waals surface area contributed by atoms with Crippen LogP contribution in [0.25, 0.3) is 0 Å². The lowest BCUT2D eigenvalue weighted by atomic mass is 10.3. The van der Waals surface area contributed by atoms with Crippen LogP contribution in [0.5, 0.6) is 0 Å². The number of nitrogens with zero attached hydrogens (tertiary/aromatic N) is 3. The second-order valence-electron chi connectivity index (χ2n) is 3.47. The molecule has 0 radical (unpaired) electrons. The summed E-state index contributed by atoms with van der Waals surface area (Å²) in [6.07, 6.45) is 3.92. The maximum absolute atomic E-state index is 8.49. The lowest BCUT2D eigenvalue weighted by molar-refractivity contribution is -0.0209. The number of thioether (sulfide) groups is 1. The molecule has 1 unspecified atom stereocenters. The average molecular weight is 242 g/mol. The number of likely N-dealkylation sites (N-methyl/N-ethyl adjacent to an activating group) is 1. The summed E-state index contributed by atoms with van der Waals surface area (Å²) in [5.74, 6) is 0. The number of rotatable bonds is 3. The fourth-order valence-electron chi connectivity index (χ4n) is 1.57. The summed E-state index contributed by atoms with van der Waals surface area (Å²) in [6, 6.07) is 0. The summed E-state index contributed by atoms with van der Waals surface area (Å²) in [6.45, 7) is 6.51. The Kier molecular flexibility index (Phi) is 6.23. The molecule has 90 valence electrons. The first-order valence-corrected chi connectivity index (χ1v) is 6.60. The van der Waals surface area contributed by atoms with Gasteiger partial charge in [-0.25, -0.2) is 0 Å². The zero-order valence-electron chi connectivity index (χ0n) is 9.77. The van der Waals surface area contributed by atoms with Gasteiger partial charge in [0.2, 0.25) is 0 Å². The molecule has 1 aliphatic heterocycles. The van der Waals surface area contributed by atoms with Crippen LogP contribution in [0.4, 0.5) is 0 Å². The Hall–Kier alpha value is -0.770. The molecule has 16 heavy (non-hydrogen) atoms. The van der Waals surface area contributed by atoms with Crippen molar-refractivity contribution in [3.8, 4) is 6.19 Å². The van der Waals surface area contributed by atoms with Crippen molar-refractivity contribution in [1.29, 1.82) is 5.26 Å². The summed E-state index contributed by atoms with van der Waals surface area (Å²) < 4.78 is 5.61. The van der Waals surface area contributed by atoms with Crippen LogP contribution >= 0.6 is 11.8 Å². The molecule has 0 saturated carbocycles. The quantitative estimate of drug-likeness (QED) is 0.338. The number of amidine groups is 1. The molecule has 1 rings (SSSR count). The van der Waals surface area contributed by atoms with E-state index in [1.54, 1.807) is 0 Å². The molecule has 0 aliphatic carbocycles. The van der Waals surface area contributed by atoms with Crippen molar-refractivity contribution >= 4 is 16.9 Å². The predicted molar refractivity (Wildman–Crippen MR) is 66.4 cm³/mol. The first kappa shape index (κ1) is 13.3. The third-order valence-corrected chi connectivity index (χ3v) is 3.08. The van der Waals surface area contributed by atoms with Crippen LogP contribution in [0.15, 0.2) is 4.99 Å². The van der Waals surface area contributed by atoms with Crippen molar-refractivity contribution in [2.75, 3.05) is 39.0 Å². The second kappa shape index (κ2) is 7.49. The van der Waals surface area contributed by atoms with E-state index in [0.29, 0.717) is 11.7 Å². The average Bonchev–Trinajstić information content (AvgIpc) is 2.34. The van der Waals surface area contributed by atoms with Crippen molar-refractivity contribution in [2.45, 2.75) is 13.0 Å². The molecule has 0 aromatic heterocycles. The zero-order valence-corrected chi connectivity index (χ0v) is 10.6. The van der Waals surface area contributed by atoms with E-state index < -0.39 is 0 Å². The molecule has 0 aromatic rings. The number of morpholine rings is 1. The Morgan fingerprint density at radius 3 is 3.19 bits per heavy atom. The SMILES string of the molecule is CCN1CCOC(CN=C(NC#N)SC)C1. The van der Waals surface area contributed by atoms with E-state index in [4.69, 9.17) is 10.00 Å². The van der Waals surface area contributed by atoms with Crippen LogP contribution in [0.3, 0.4) is 0 Å². The second-order valence-corrected chi connectivity index (χ2v) is 4.27. The number of aliphatic imine (C=N–C) groups is 1. The normalized spacial score (nSPS) is 22.8. The van der Waals surface area contributed by atoms with E-state index in [1.165, 1.54) is 11.8 Å². The summed E-state index contributed by atoms with van der Waals surface area (Å²) in [5, 5.41) is 11.7. The van der Waals surface area contributed by atoms with Crippen molar-refractivity contribution in [2.24, 2.45) is 4.99 Å². The highest BCUT2D eigenvalue weighted by Gasteiger charge is 2.18. The van der Waals surface area contributed by atoms with E-state index in [9.17, 15) is 0 Å². The molecule has 6 heteroatoms. The van der Waals surface area contributed by atoms with Crippen LogP contribution in [-0.4, -0.2) is 55.2 Å². The van der Waals surface area contributed by atoms with Crippen molar-refractivity contribution in [1.82, 2.24) is 10.2 Å². The zero-order chi connectivity index (χ0) is 11.8. The van der Waals surface area contributed by atoms with Crippen LogP contribution in [0.1, 0.15) is 6.92 Å². The van der Waals surface area contributed by atoms with Gasteiger partial charge in [0.15, 0.2) is 11.4 Å². The van der Waals surface area contributed by atoms with Gasteiger partial charge in [-0.3, -0.25) is 15.2 Å². The first-order valence-electron chi connectivity index (χ1n) is 5.37. The molecule has 0 bridgehead atoms. The molecule has 0 aromatic carbocycles. The van der Waals surface area contributed by atoms with Gasteiger partial charge in [-0.15, -0.1) is 0 Å². The van der Waals surface area contributed by atoms with Gasteiger partial charge in [-0.1, -0.05) is 18.7 Å².